The number of hydrogen-bond acceptors (Lipinski definition) is 4. The van der Waals surface area contributed by atoms with Gasteiger partial charge >= 0.3 is 6.09 Å². The average Bonchev–Trinajstić information content (AvgIpc) is 2.65. The second kappa shape index (κ2) is 10.8. The normalized spacial score (nSPS) is 18.9. The van der Waals surface area contributed by atoms with E-state index >= 15 is 0 Å². The minimum Gasteiger partial charge on any atom is -0.444 e. The highest BCUT2D eigenvalue weighted by molar-refractivity contribution is 5.68. The first kappa shape index (κ1) is 22.7. The smallest absolute Gasteiger partial charge is 0.407 e. The maximum atomic E-state index is 12.3. The number of nitrogens with one attached hydrogen (secondary N) is 2. The standard InChI is InChI=1S/C23H38N2O3/c1-17(19-13-9-6-10-14-19)24-16-21(26)20(15-18-11-7-5-8-12-18)25-22(27)28-23(2,3)4/h5,7-8,11-12,17,19-21,24,26H,6,9-10,13-16H2,1-4H3,(H,25,27)/t17-,20-,21+/m0/s1. The van der Waals surface area contributed by atoms with Crippen molar-refractivity contribution in [3.05, 3.63) is 35.9 Å². The van der Waals surface area contributed by atoms with E-state index in [9.17, 15) is 9.90 Å². The van der Waals surface area contributed by atoms with Crippen LogP contribution < -0.4 is 10.6 Å². The highest BCUT2D eigenvalue weighted by Crippen LogP contribution is 2.26. The van der Waals surface area contributed by atoms with E-state index in [1.807, 2.05) is 51.1 Å². The molecule has 3 atom stereocenters. The molecule has 0 heterocycles. The van der Waals surface area contributed by atoms with Crippen molar-refractivity contribution in [2.75, 3.05) is 6.54 Å². The summed E-state index contributed by atoms with van der Waals surface area (Å²) in [5.74, 6) is 0.673. The molecule has 2 rings (SSSR count). The molecular formula is C23H38N2O3. The van der Waals surface area contributed by atoms with Crippen LogP contribution in [-0.4, -0.2) is 41.5 Å². The van der Waals surface area contributed by atoms with Crippen molar-refractivity contribution in [1.82, 2.24) is 10.6 Å². The topological polar surface area (TPSA) is 70.6 Å². The zero-order valence-electron chi connectivity index (χ0n) is 17.9. The molecular weight excluding hydrogens is 352 g/mol. The second-order valence-electron chi connectivity index (χ2n) is 9.10. The van der Waals surface area contributed by atoms with Crippen molar-refractivity contribution >= 4 is 6.09 Å². The van der Waals surface area contributed by atoms with Crippen LogP contribution in [0.25, 0.3) is 0 Å². The molecule has 0 saturated heterocycles. The predicted molar refractivity (Wildman–Crippen MR) is 113 cm³/mol. The fourth-order valence-electron chi connectivity index (χ4n) is 3.86. The lowest BCUT2D eigenvalue weighted by Gasteiger charge is -2.31. The summed E-state index contributed by atoms with van der Waals surface area (Å²) in [7, 11) is 0. The van der Waals surface area contributed by atoms with Gasteiger partial charge in [-0.15, -0.1) is 0 Å². The molecule has 5 heteroatoms. The Morgan fingerprint density at radius 2 is 1.82 bits per heavy atom. The Hall–Kier alpha value is -1.59. The number of hydrogen-bond donors (Lipinski definition) is 3. The van der Waals surface area contributed by atoms with Crippen molar-refractivity contribution in [3.63, 3.8) is 0 Å². The molecule has 28 heavy (non-hydrogen) atoms. The zero-order chi connectivity index (χ0) is 20.6. The SMILES string of the molecule is C[C@H](NC[C@@H](O)[C@H](Cc1ccccc1)NC(=O)OC(C)(C)C)C1CCCCC1. The summed E-state index contributed by atoms with van der Waals surface area (Å²) in [6.45, 7) is 8.16. The van der Waals surface area contributed by atoms with Crippen molar-refractivity contribution < 1.29 is 14.6 Å². The fourth-order valence-corrected chi connectivity index (χ4v) is 3.86. The molecule has 3 N–H and O–H groups in total. The van der Waals surface area contributed by atoms with Crippen LogP contribution in [0, 0.1) is 5.92 Å². The zero-order valence-corrected chi connectivity index (χ0v) is 17.9. The van der Waals surface area contributed by atoms with Crippen LogP contribution >= 0.6 is 0 Å². The van der Waals surface area contributed by atoms with Gasteiger partial charge in [-0.3, -0.25) is 0 Å². The number of aliphatic hydroxyl groups is 1. The highest BCUT2D eigenvalue weighted by atomic mass is 16.6. The molecule has 0 aromatic heterocycles. The summed E-state index contributed by atoms with van der Waals surface area (Å²) in [4.78, 5) is 12.3. The van der Waals surface area contributed by atoms with Gasteiger partial charge in [-0.25, -0.2) is 4.79 Å². The first-order valence-corrected chi connectivity index (χ1v) is 10.7. The number of rotatable bonds is 8. The van der Waals surface area contributed by atoms with Gasteiger partial charge in [-0.1, -0.05) is 49.6 Å². The van der Waals surface area contributed by atoms with Crippen molar-refractivity contribution in [1.29, 1.82) is 0 Å². The van der Waals surface area contributed by atoms with Gasteiger partial charge < -0.3 is 20.5 Å². The third-order valence-electron chi connectivity index (χ3n) is 5.47. The van der Waals surface area contributed by atoms with Crippen molar-refractivity contribution in [2.45, 2.75) is 90.0 Å². The Morgan fingerprint density at radius 3 is 2.43 bits per heavy atom. The third kappa shape index (κ3) is 8.19. The number of ether oxygens (including phenoxy) is 1. The lowest BCUT2D eigenvalue weighted by Crippen LogP contribution is -2.51. The first-order chi connectivity index (χ1) is 13.2. The molecule has 1 fully saturated rings. The van der Waals surface area contributed by atoms with Crippen LogP contribution in [0.3, 0.4) is 0 Å². The summed E-state index contributed by atoms with van der Waals surface area (Å²) >= 11 is 0. The summed E-state index contributed by atoms with van der Waals surface area (Å²) in [6, 6.07) is 9.87. The Bertz CT molecular complexity index is 579. The van der Waals surface area contributed by atoms with Crippen LogP contribution in [0.1, 0.15) is 65.4 Å². The Morgan fingerprint density at radius 1 is 1.18 bits per heavy atom. The van der Waals surface area contributed by atoms with Crippen LogP contribution in [-0.2, 0) is 11.2 Å². The van der Waals surface area contributed by atoms with Gasteiger partial charge in [0.2, 0.25) is 0 Å². The molecule has 158 valence electrons. The van der Waals surface area contributed by atoms with Crippen LogP contribution in [0.15, 0.2) is 30.3 Å². The van der Waals surface area contributed by atoms with E-state index in [0.717, 1.165) is 5.56 Å². The van der Waals surface area contributed by atoms with E-state index in [2.05, 4.69) is 17.6 Å². The van der Waals surface area contributed by atoms with Gasteiger partial charge in [-0.2, -0.15) is 0 Å². The lowest BCUT2D eigenvalue weighted by atomic mass is 9.84. The van der Waals surface area contributed by atoms with Crippen LogP contribution in [0.5, 0.6) is 0 Å². The van der Waals surface area contributed by atoms with E-state index in [4.69, 9.17) is 4.74 Å². The molecule has 0 aliphatic heterocycles. The number of carbonyl (C=O) groups is 1. The number of carbonyl (C=O) groups excluding carboxylic acids is 1. The van der Waals surface area contributed by atoms with Gasteiger partial charge in [0.05, 0.1) is 12.1 Å². The quantitative estimate of drug-likeness (QED) is 0.626. The predicted octanol–water partition coefficient (Wildman–Crippen LogP) is 4.04. The second-order valence-corrected chi connectivity index (χ2v) is 9.10. The van der Waals surface area contributed by atoms with E-state index < -0.39 is 23.8 Å². The van der Waals surface area contributed by atoms with Gasteiger partial charge in [0.25, 0.3) is 0 Å². The molecule has 1 aromatic rings. The molecule has 0 radical (unpaired) electrons. The molecule has 0 spiro atoms. The summed E-state index contributed by atoms with van der Waals surface area (Å²) in [6.07, 6.45) is 5.82. The highest BCUT2D eigenvalue weighted by Gasteiger charge is 2.26. The van der Waals surface area contributed by atoms with Gasteiger partial charge in [0.1, 0.15) is 5.60 Å². The maximum Gasteiger partial charge on any atom is 0.407 e. The molecule has 0 unspecified atom stereocenters. The number of amides is 1. The Kier molecular flexibility index (Phi) is 8.77. The number of aliphatic hydroxyl groups excluding tert-OH is 1. The van der Waals surface area contributed by atoms with Crippen molar-refractivity contribution in [3.8, 4) is 0 Å². The fraction of sp³-hybridized carbons (Fsp3) is 0.696. The van der Waals surface area contributed by atoms with E-state index in [1.165, 1.54) is 32.1 Å². The molecule has 1 amide bonds. The van der Waals surface area contributed by atoms with E-state index in [0.29, 0.717) is 24.9 Å². The van der Waals surface area contributed by atoms with Gasteiger partial charge in [0, 0.05) is 12.6 Å². The largest absolute Gasteiger partial charge is 0.444 e. The molecule has 5 nitrogen and oxygen atoms in total. The Balaban J connectivity index is 1.94. The van der Waals surface area contributed by atoms with Crippen LogP contribution in [0.4, 0.5) is 4.79 Å². The number of benzene rings is 1. The molecule has 1 saturated carbocycles. The monoisotopic (exact) mass is 390 g/mol. The lowest BCUT2D eigenvalue weighted by molar-refractivity contribution is 0.0417. The average molecular weight is 391 g/mol. The summed E-state index contributed by atoms with van der Waals surface area (Å²) < 4.78 is 5.40. The summed E-state index contributed by atoms with van der Waals surface area (Å²) in [5, 5.41) is 17.2. The van der Waals surface area contributed by atoms with E-state index in [-0.39, 0.29) is 0 Å². The number of alkyl carbamates (subject to hydrolysis) is 1. The van der Waals surface area contributed by atoms with E-state index in [1.54, 1.807) is 0 Å². The molecule has 0 bridgehead atoms. The maximum absolute atomic E-state index is 12.3. The molecule has 1 aromatic carbocycles. The minimum absolute atomic E-state index is 0.369. The molecule has 1 aliphatic carbocycles. The Labute approximate surface area is 170 Å². The third-order valence-corrected chi connectivity index (χ3v) is 5.47. The summed E-state index contributed by atoms with van der Waals surface area (Å²) in [5.41, 5.74) is 0.503. The first-order valence-electron chi connectivity index (χ1n) is 10.7. The minimum atomic E-state index is -0.696. The molecule has 1 aliphatic rings. The van der Waals surface area contributed by atoms with Gasteiger partial charge in [-0.05, 0) is 58.4 Å². The van der Waals surface area contributed by atoms with Gasteiger partial charge in [0.15, 0.2) is 0 Å². The van der Waals surface area contributed by atoms with Crippen LogP contribution in [0.2, 0.25) is 0 Å². The van der Waals surface area contributed by atoms with Crippen molar-refractivity contribution in [2.24, 2.45) is 5.92 Å².